The van der Waals surface area contributed by atoms with Crippen molar-refractivity contribution in [3.63, 3.8) is 0 Å². The summed E-state index contributed by atoms with van der Waals surface area (Å²) in [7, 11) is 0. The zero-order chi connectivity index (χ0) is 22.0. The molecular weight excluding hydrogens is 394 g/mol. The zero-order valence-electron chi connectivity index (χ0n) is 18.5. The lowest BCUT2D eigenvalue weighted by atomic mass is 9.72. The van der Waals surface area contributed by atoms with Gasteiger partial charge in [-0.1, -0.05) is 37.3 Å². The number of likely N-dealkylation sites (tertiary alicyclic amines) is 1. The fourth-order valence-corrected chi connectivity index (χ4v) is 4.89. The van der Waals surface area contributed by atoms with E-state index in [9.17, 15) is 4.79 Å². The molecule has 166 valence electrons. The number of hydrogen-bond acceptors (Lipinski definition) is 6. The number of rotatable bonds is 8. The molecule has 2 aliphatic rings. The van der Waals surface area contributed by atoms with Crippen LogP contribution < -0.4 is 10.6 Å². The third-order valence-electron chi connectivity index (χ3n) is 6.10. The first-order chi connectivity index (χ1) is 14.9. The number of nitrogens with two attached hydrogens (primary N) is 1. The van der Waals surface area contributed by atoms with Crippen LogP contribution in [-0.4, -0.2) is 50.0 Å². The first-order valence-corrected chi connectivity index (χ1v) is 10.7. The number of anilines is 1. The number of aryl methyl sites for hydroxylation is 2. The average molecular weight is 426 g/mol. The minimum absolute atomic E-state index is 0.0425. The standard InChI is InChI=1S/C24H31N3O4/c1-17-9-20(27-12-21(11-25)31-23(27)28)10-18(2)22(17)24(3)14-26(15-24)16-30-29-13-19-7-5-4-6-8-19/h4-10,21H,11-16,25H2,1-3H3/t21-/m0/s1. The SMILES string of the molecule is Cc1cc(N2C[C@H](CN)OC2=O)cc(C)c1C1(C)CN(COOCc2ccccc2)C1. The molecule has 2 aromatic rings. The predicted molar refractivity (Wildman–Crippen MR) is 119 cm³/mol. The number of amides is 1. The van der Waals surface area contributed by atoms with Gasteiger partial charge in [0.15, 0.2) is 0 Å². The van der Waals surface area contributed by atoms with Crippen molar-refractivity contribution in [2.45, 2.75) is 38.9 Å². The van der Waals surface area contributed by atoms with E-state index in [1.807, 2.05) is 30.3 Å². The lowest BCUT2D eigenvalue weighted by Crippen LogP contribution is -2.58. The Morgan fingerprint density at radius 2 is 1.81 bits per heavy atom. The maximum absolute atomic E-state index is 12.2. The maximum Gasteiger partial charge on any atom is 0.414 e. The third kappa shape index (κ3) is 4.60. The fourth-order valence-electron chi connectivity index (χ4n) is 4.89. The molecule has 1 amide bonds. The van der Waals surface area contributed by atoms with Gasteiger partial charge < -0.3 is 10.5 Å². The lowest BCUT2D eigenvalue weighted by molar-refractivity contribution is -0.330. The molecule has 0 bridgehead atoms. The summed E-state index contributed by atoms with van der Waals surface area (Å²) in [5, 5.41) is 0. The van der Waals surface area contributed by atoms with Gasteiger partial charge in [0.05, 0.1) is 6.54 Å². The van der Waals surface area contributed by atoms with Crippen molar-refractivity contribution in [2.75, 3.05) is 37.8 Å². The second kappa shape index (κ2) is 8.96. The van der Waals surface area contributed by atoms with Crippen LogP contribution in [0.15, 0.2) is 42.5 Å². The first kappa shape index (κ1) is 21.8. The van der Waals surface area contributed by atoms with Crippen molar-refractivity contribution in [3.8, 4) is 0 Å². The zero-order valence-corrected chi connectivity index (χ0v) is 18.5. The molecule has 1 atom stereocenters. The van der Waals surface area contributed by atoms with E-state index in [4.69, 9.17) is 20.2 Å². The monoisotopic (exact) mass is 425 g/mol. The van der Waals surface area contributed by atoms with Gasteiger partial charge in [-0.05, 0) is 48.2 Å². The molecule has 4 rings (SSSR count). The molecule has 0 aliphatic carbocycles. The molecule has 2 aromatic carbocycles. The Morgan fingerprint density at radius 1 is 1.13 bits per heavy atom. The summed E-state index contributed by atoms with van der Waals surface area (Å²) < 4.78 is 5.31. The summed E-state index contributed by atoms with van der Waals surface area (Å²) in [5.41, 5.74) is 11.4. The largest absolute Gasteiger partial charge is 0.443 e. The number of benzene rings is 2. The van der Waals surface area contributed by atoms with Crippen molar-refractivity contribution in [2.24, 2.45) is 5.73 Å². The fraction of sp³-hybridized carbons (Fsp3) is 0.458. The highest BCUT2D eigenvalue weighted by Crippen LogP contribution is 2.39. The third-order valence-corrected chi connectivity index (χ3v) is 6.10. The molecule has 0 saturated carbocycles. The van der Waals surface area contributed by atoms with E-state index < -0.39 is 0 Å². The second-order valence-electron chi connectivity index (χ2n) is 8.85. The molecule has 0 spiro atoms. The Labute approximate surface area is 183 Å². The predicted octanol–water partition coefficient (Wildman–Crippen LogP) is 3.27. The normalized spacial score (nSPS) is 20.6. The van der Waals surface area contributed by atoms with Crippen LogP contribution in [0, 0.1) is 13.8 Å². The van der Waals surface area contributed by atoms with Gasteiger partial charge in [-0.25, -0.2) is 14.6 Å². The van der Waals surface area contributed by atoms with Crippen molar-refractivity contribution >= 4 is 11.8 Å². The molecule has 7 heteroatoms. The van der Waals surface area contributed by atoms with E-state index >= 15 is 0 Å². The molecule has 2 fully saturated rings. The van der Waals surface area contributed by atoms with E-state index in [2.05, 4.69) is 37.8 Å². The first-order valence-electron chi connectivity index (χ1n) is 10.7. The van der Waals surface area contributed by atoms with Crippen molar-refractivity contribution in [1.29, 1.82) is 0 Å². The second-order valence-corrected chi connectivity index (χ2v) is 8.85. The van der Waals surface area contributed by atoms with Crippen LogP contribution in [0.4, 0.5) is 10.5 Å². The number of hydrogen-bond donors (Lipinski definition) is 1. The van der Waals surface area contributed by atoms with Gasteiger partial charge in [0.1, 0.15) is 19.4 Å². The molecule has 2 saturated heterocycles. The van der Waals surface area contributed by atoms with Crippen LogP contribution in [-0.2, 0) is 26.5 Å². The molecule has 2 aliphatic heterocycles. The van der Waals surface area contributed by atoms with Crippen LogP contribution in [0.5, 0.6) is 0 Å². The average Bonchev–Trinajstić information content (AvgIpc) is 3.11. The molecule has 31 heavy (non-hydrogen) atoms. The quantitative estimate of drug-likeness (QED) is 0.397. The number of ether oxygens (including phenoxy) is 1. The summed E-state index contributed by atoms with van der Waals surface area (Å²) in [4.78, 5) is 26.8. The highest BCUT2D eigenvalue weighted by molar-refractivity contribution is 5.90. The van der Waals surface area contributed by atoms with Gasteiger partial charge in [0.2, 0.25) is 0 Å². The number of nitrogens with zero attached hydrogens (tertiary/aromatic N) is 2. The van der Waals surface area contributed by atoms with E-state index in [1.165, 1.54) is 16.7 Å². The van der Waals surface area contributed by atoms with Crippen molar-refractivity contribution in [1.82, 2.24) is 4.90 Å². The Kier molecular flexibility index (Phi) is 6.29. The molecule has 2 heterocycles. The van der Waals surface area contributed by atoms with E-state index in [0.717, 1.165) is 24.3 Å². The van der Waals surface area contributed by atoms with Gasteiger partial charge >= 0.3 is 6.09 Å². The minimum Gasteiger partial charge on any atom is -0.443 e. The van der Waals surface area contributed by atoms with E-state index in [1.54, 1.807) is 4.90 Å². The molecule has 2 N–H and O–H groups in total. The topological polar surface area (TPSA) is 77.3 Å². The number of carbonyl (C=O) groups is 1. The summed E-state index contributed by atoms with van der Waals surface area (Å²) in [6.07, 6.45) is -0.565. The van der Waals surface area contributed by atoms with Crippen LogP contribution in [0.25, 0.3) is 0 Å². The molecular formula is C24H31N3O4. The summed E-state index contributed by atoms with van der Waals surface area (Å²) >= 11 is 0. The van der Waals surface area contributed by atoms with E-state index in [-0.39, 0.29) is 17.6 Å². The van der Waals surface area contributed by atoms with Gasteiger partial charge in [0.25, 0.3) is 0 Å². The Hall–Kier alpha value is -2.45. The molecule has 7 nitrogen and oxygen atoms in total. The summed E-state index contributed by atoms with van der Waals surface area (Å²) in [6, 6.07) is 14.1. The molecule has 0 unspecified atom stereocenters. The van der Waals surface area contributed by atoms with Gasteiger partial charge in [0, 0.05) is 30.7 Å². The number of cyclic esters (lactones) is 1. The van der Waals surface area contributed by atoms with Crippen LogP contribution in [0.3, 0.4) is 0 Å². The Bertz CT molecular complexity index is 905. The minimum atomic E-state index is -0.323. The van der Waals surface area contributed by atoms with Crippen molar-refractivity contribution < 1.29 is 19.3 Å². The van der Waals surface area contributed by atoms with Crippen LogP contribution in [0.1, 0.15) is 29.2 Å². The lowest BCUT2D eigenvalue weighted by Gasteiger charge is -2.49. The smallest absolute Gasteiger partial charge is 0.414 e. The Morgan fingerprint density at radius 3 is 2.42 bits per heavy atom. The maximum atomic E-state index is 12.2. The highest BCUT2D eigenvalue weighted by atomic mass is 17.2. The van der Waals surface area contributed by atoms with E-state index in [0.29, 0.717) is 26.4 Å². The van der Waals surface area contributed by atoms with Gasteiger partial charge in [-0.3, -0.25) is 9.80 Å². The Balaban J connectivity index is 1.34. The van der Waals surface area contributed by atoms with Gasteiger partial charge in [-0.2, -0.15) is 0 Å². The van der Waals surface area contributed by atoms with Crippen molar-refractivity contribution in [3.05, 3.63) is 64.7 Å². The van der Waals surface area contributed by atoms with Crippen LogP contribution in [0.2, 0.25) is 0 Å². The molecule has 0 radical (unpaired) electrons. The highest BCUT2D eigenvalue weighted by Gasteiger charge is 2.42. The summed E-state index contributed by atoms with van der Waals surface area (Å²) in [6.45, 7) is 10.0. The molecule has 0 aromatic heterocycles. The summed E-state index contributed by atoms with van der Waals surface area (Å²) in [5.74, 6) is 0. The van der Waals surface area contributed by atoms with Crippen LogP contribution >= 0.6 is 0 Å². The number of carbonyl (C=O) groups excluding carboxylic acids is 1. The van der Waals surface area contributed by atoms with Gasteiger partial charge in [-0.15, -0.1) is 0 Å².